The summed E-state index contributed by atoms with van der Waals surface area (Å²) < 4.78 is 29.6. The summed E-state index contributed by atoms with van der Waals surface area (Å²) >= 11 is 0. The third-order valence-electron chi connectivity index (χ3n) is 2.61. The maximum Gasteiger partial charge on any atom is 0.255 e. The van der Waals surface area contributed by atoms with Gasteiger partial charge in [-0.25, -0.2) is 8.78 Å². The number of nitrogen functional groups attached to an aromatic ring is 1. The normalized spacial score (nSPS) is 10.2. The van der Waals surface area contributed by atoms with Gasteiger partial charge in [0.05, 0.1) is 19.6 Å². The molecule has 1 amide bonds. The van der Waals surface area contributed by atoms with Crippen LogP contribution in [0.15, 0.2) is 24.3 Å². The average molecular weight is 309 g/mol. The van der Waals surface area contributed by atoms with Gasteiger partial charge in [-0.1, -0.05) is 12.1 Å². The number of benzene rings is 1. The molecule has 0 aliphatic rings. The number of nitrogens with two attached hydrogens (primary N) is 1. The third kappa shape index (κ3) is 6.68. The second-order valence-corrected chi connectivity index (χ2v) is 4.14. The molecule has 0 spiro atoms. The van der Waals surface area contributed by atoms with Crippen LogP contribution in [0, 0.1) is 0 Å². The SMILES string of the molecule is COCCN(CC(F)F)C(=O)Cc1ccc(N)cc1.Cl. The first-order chi connectivity index (χ1) is 9.02. The van der Waals surface area contributed by atoms with Crippen LogP contribution in [0.2, 0.25) is 0 Å². The summed E-state index contributed by atoms with van der Waals surface area (Å²) in [7, 11) is 1.46. The van der Waals surface area contributed by atoms with E-state index in [0.29, 0.717) is 5.69 Å². The second-order valence-electron chi connectivity index (χ2n) is 4.14. The average Bonchev–Trinajstić information content (AvgIpc) is 2.36. The Balaban J connectivity index is 0.00000361. The van der Waals surface area contributed by atoms with Gasteiger partial charge in [0.1, 0.15) is 0 Å². The van der Waals surface area contributed by atoms with Gasteiger partial charge in [0.15, 0.2) is 0 Å². The molecular weight excluding hydrogens is 290 g/mol. The molecule has 1 rings (SSSR count). The van der Waals surface area contributed by atoms with Crippen molar-refractivity contribution in [2.75, 3.05) is 32.5 Å². The van der Waals surface area contributed by atoms with Crippen LogP contribution in [-0.2, 0) is 16.0 Å². The van der Waals surface area contributed by atoms with Gasteiger partial charge in [-0.15, -0.1) is 12.4 Å². The molecule has 0 aliphatic carbocycles. The number of ether oxygens (including phenoxy) is 1. The van der Waals surface area contributed by atoms with E-state index < -0.39 is 13.0 Å². The van der Waals surface area contributed by atoms with Gasteiger partial charge in [0.2, 0.25) is 5.91 Å². The van der Waals surface area contributed by atoms with Crippen molar-refractivity contribution in [3.63, 3.8) is 0 Å². The van der Waals surface area contributed by atoms with E-state index in [0.717, 1.165) is 10.5 Å². The van der Waals surface area contributed by atoms with Crippen LogP contribution in [0.1, 0.15) is 5.56 Å². The molecule has 7 heteroatoms. The Bertz CT molecular complexity index is 402. The van der Waals surface area contributed by atoms with Crippen molar-refractivity contribution in [2.45, 2.75) is 12.8 Å². The molecule has 114 valence electrons. The number of anilines is 1. The number of halogens is 3. The van der Waals surface area contributed by atoms with E-state index >= 15 is 0 Å². The lowest BCUT2D eigenvalue weighted by Gasteiger charge is -2.22. The van der Waals surface area contributed by atoms with E-state index in [-0.39, 0.29) is 37.9 Å². The number of carbonyl (C=O) groups is 1. The minimum absolute atomic E-state index is 0. The molecule has 0 aromatic heterocycles. The first-order valence-electron chi connectivity index (χ1n) is 5.92. The molecule has 0 radical (unpaired) electrons. The zero-order valence-corrected chi connectivity index (χ0v) is 12.0. The predicted octanol–water partition coefficient (Wildman–Crippen LogP) is 1.97. The molecule has 4 nitrogen and oxygen atoms in total. The fraction of sp³-hybridized carbons (Fsp3) is 0.462. The van der Waals surface area contributed by atoms with Gasteiger partial charge in [-0.2, -0.15) is 0 Å². The minimum atomic E-state index is -2.55. The minimum Gasteiger partial charge on any atom is -0.399 e. The molecule has 0 bridgehead atoms. The van der Waals surface area contributed by atoms with Crippen molar-refractivity contribution in [3.8, 4) is 0 Å². The Morgan fingerprint density at radius 3 is 2.45 bits per heavy atom. The summed E-state index contributed by atoms with van der Waals surface area (Å²) in [6, 6.07) is 6.78. The Hall–Kier alpha value is -1.40. The number of methoxy groups -OCH3 is 1. The summed E-state index contributed by atoms with van der Waals surface area (Å²) in [5, 5.41) is 0. The molecule has 0 saturated heterocycles. The van der Waals surface area contributed by atoms with Gasteiger partial charge in [0.25, 0.3) is 6.43 Å². The third-order valence-corrected chi connectivity index (χ3v) is 2.61. The summed E-state index contributed by atoms with van der Waals surface area (Å²) in [6.45, 7) is -0.175. The number of carbonyl (C=O) groups excluding carboxylic acids is 1. The molecule has 20 heavy (non-hydrogen) atoms. The molecule has 0 atom stereocenters. The first kappa shape index (κ1) is 18.6. The molecule has 0 saturated carbocycles. The van der Waals surface area contributed by atoms with Crippen molar-refractivity contribution in [3.05, 3.63) is 29.8 Å². The predicted molar refractivity (Wildman–Crippen MR) is 76.3 cm³/mol. The number of nitrogens with zero attached hydrogens (tertiary/aromatic N) is 1. The fourth-order valence-electron chi connectivity index (χ4n) is 1.61. The maximum absolute atomic E-state index is 12.4. The smallest absolute Gasteiger partial charge is 0.255 e. The van der Waals surface area contributed by atoms with E-state index in [4.69, 9.17) is 10.5 Å². The topological polar surface area (TPSA) is 55.6 Å². The largest absolute Gasteiger partial charge is 0.399 e. The molecule has 0 heterocycles. The quantitative estimate of drug-likeness (QED) is 0.784. The second kappa shape index (κ2) is 9.50. The van der Waals surface area contributed by atoms with Gasteiger partial charge in [-0.3, -0.25) is 4.79 Å². The van der Waals surface area contributed by atoms with Gasteiger partial charge >= 0.3 is 0 Å². The fourth-order valence-corrected chi connectivity index (χ4v) is 1.61. The van der Waals surface area contributed by atoms with Crippen molar-refractivity contribution in [1.82, 2.24) is 4.90 Å². The monoisotopic (exact) mass is 308 g/mol. The van der Waals surface area contributed by atoms with E-state index in [1.807, 2.05) is 0 Å². The van der Waals surface area contributed by atoms with Gasteiger partial charge in [-0.05, 0) is 17.7 Å². The van der Waals surface area contributed by atoms with E-state index in [1.165, 1.54) is 7.11 Å². The Morgan fingerprint density at radius 2 is 1.95 bits per heavy atom. The van der Waals surface area contributed by atoms with Crippen LogP contribution in [0.25, 0.3) is 0 Å². The lowest BCUT2D eigenvalue weighted by molar-refractivity contribution is -0.133. The van der Waals surface area contributed by atoms with Crippen LogP contribution < -0.4 is 5.73 Å². The van der Waals surface area contributed by atoms with Crippen molar-refractivity contribution in [1.29, 1.82) is 0 Å². The van der Waals surface area contributed by atoms with Crippen molar-refractivity contribution in [2.24, 2.45) is 0 Å². The molecule has 1 aromatic carbocycles. The highest BCUT2D eigenvalue weighted by Gasteiger charge is 2.18. The highest BCUT2D eigenvalue weighted by Crippen LogP contribution is 2.08. The highest BCUT2D eigenvalue weighted by atomic mass is 35.5. The van der Waals surface area contributed by atoms with Gasteiger partial charge < -0.3 is 15.4 Å². The summed E-state index contributed by atoms with van der Waals surface area (Å²) in [6.07, 6.45) is -2.47. The van der Waals surface area contributed by atoms with E-state index in [2.05, 4.69) is 0 Å². The molecule has 1 aromatic rings. The zero-order chi connectivity index (χ0) is 14.3. The van der Waals surface area contributed by atoms with Crippen LogP contribution in [0.5, 0.6) is 0 Å². The Labute approximate surface area is 123 Å². The molecule has 0 unspecified atom stereocenters. The van der Waals surface area contributed by atoms with Crippen LogP contribution >= 0.6 is 12.4 Å². The highest BCUT2D eigenvalue weighted by molar-refractivity contribution is 5.85. The van der Waals surface area contributed by atoms with Crippen molar-refractivity contribution >= 4 is 24.0 Å². The molecular formula is C13H19ClF2N2O2. The molecule has 0 fully saturated rings. The number of rotatable bonds is 7. The number of alkyl halides is 2. The Morgan fingerprint density at radius 1 is 1.35 bits per heavy atom. The van der Waals surface area contributed by atoms with E-state index in [9.17, 15) is 13.6 Å². The maximum atomic E-state index is 12.4. The van der Waals surface area contributed by atoms with Gasteiger partial charge in [0, 0.05) is 19.3 Å². The molecule has 2 N–H and O–H groups in total. The molecule has 0 aliphatic heterocycles. The lowest BCUT2D eigenvalue weighted by atomic mass is 10.1. The summed E-state index contributed by atoms with van der Waals surface area (Å²) in [5.41, 5.74) is 6.88. The van der Waals surface area contributed by atoms with E-state index in [1.54, 1.807) is 24.3 Å². The van der Waals surface area contributed by atoms with Crippen LogP contribution in [0.4, 0.5) is 14.5 Å². The summed E-state index contributed by atoms with van der Waals surface area (Å²) in [5.74, 6) is -0.345. The number of hydrogen-bond acceptors (Lipinski definition) is 3. The van der Waals surface area contributed by atoms with Crippen LogP contribution in [-0.4, -0.2) is 44.0 Å². The standard InChI is InChI=1S/C13H18F2N2O2.ClH/c1-19-7-6-17(9-12(14)15)13(18)8-10-2-4-11(16)5-3-10;/h2-5,12H,6-9,16H2,1H3;1H. The zero-order valence-electron chi connectivity index (χ0n) is 11.2. The first-order valence-corrected chi connectivity index (χ1v) is 5.92. The summed E-state index contributed by atoms with van der Waals surface area (Å²) in [4.78, 5) is 13.1. The number of amides is 1. The Kier molecular flexibility index (Phi) is 8.83. The number of hydrogen-bond donors (Lipinski definition) is 1. The van der Waals surface area contributed by atoms with Crippen molar-refractivity contribution < 1.29 is 18.3 Å². The van der Waals surface area contributed by atoms with Crippen LogP contribution in [0.3, 0.4) is 0 Å². The lowest BCUT2D eigenvalue weighted by Crippen LogP contribution is -2.38.